The average molecular weight is 196 g/mol. The van der Waals surface area contributed by atoms with E-state index in [0.29, 0.717) is 5.56 Å². The maximum Gasteiger partial charge on any atom is 0.247 e. The van der Waals surface area contributed by atoms with Crippen LogP contribution in [0.3, 0.4) is 0 Å². The number of hydrogen-bond donors (Lipinski definition) is 0. The van der Waals surface area contributed by atoms with E-state index in [2.05, 4.69) is 0 Å². The molecule has 1 rings (SSSR count). The molecule has 0 aromatic heterocycles. The Morgan fingerprint density at radius 2 is 2.00 bits per heavy atom. The number of benzene rings is 1. The van der Waals surface area contributed by atoms with Crippen LogP contribution in [-0.4, -0.2) is 11.4 Å². The molecule has 0 bridgehead atoms. The summed E-state index contributed by atoms with van der Waals surface area (Å²) in [5.41, 5.74) is 0.697. The Hall–Kier alpha value is -1.09. The highest BCUT2D eigenvalue weighted by atomic mass is 32.2. The first-order valence-electron chi connectivity index (χ1n) is 3.74. The molecule has 0 unspecified atom stereocenters. The zero-order valence-electron chi connectivity index (χ0n) is 7.16. The Balaban J connectivity index is 2.83. The van der Waals surface area contributed by atoms with E-state index >= 15 is 0 Å². The number of carbonyl (C=O) groups excluding carboxylic acids is 1. The van der Waals surface area contributed by atoms with Gasteiger partial charge in [-0.25, -0.2) is 4.39 Å². The molecule has 0 heterocycles. The van der Waals surface area contributed by atoms with Gasteiger partial charge in [0.25, 0.3) is 0 Å². The van der Waals surface area contributed by atoms with Gasteiger partial charge in [0.2, 0.25) is 5.12 Å². The number of carbonyl (C=O) groups is 1. The van der Waals surface area contributed by atoms with Gasteiger partial charge in [0, 0.05) is 0 Å². The molecule has 13 heavy (non-hydrogen) atoms. The van der Waals surface area contributed by atoms with Gasteiger partial charge in [-0.1, -0.05) is 42.1 Å². The van der Waals surface area contributed by atoms with Crippen LogP contribution in [0.15, 0.2) is 36.2 Å². The highest BCUT2D eigenvalue weighted by Crippen LogP contribution is 2.13. The van der Waals surface area contributed by atoms with Gasteiger partial charge < -0.3 is 0 Å². The van der Waals surface area contributed by atoms with E-state index in [0.717, 1.165) is 11.8 Å². The summed E-state index contributed by atoms with van der Waals surface area (Å²) in [6.45, 7) is 0. The lowest BCUT2D eigenvalue weighted by atomic mass is 10.2. The average Bonchev–Trinajstić information content (AvgIpc) is 2.18. The third kappa shape index (κ3) is 3.03. The summed E-state index contributed by atoms with van der Waals surface area (Å²) < 4.78 is 13.0. The number of hydrogen-bond acceptors (Lipinski definition) is 2. The lowest BCUT2D eigenvalue weighted by molar-refractivity contribution is -0.109. The van der Waals surface area contributed by atoms with E-state index in [-0.39, 0.29) is 0 Å². The van der Waals surface area contributed by atoms with Crippen LogP contribution < -0.4 is 0 Å². The Labute approximate surface area is 80.7 Å². The molecule has 68 valence electrons. The summed E-state index contributed by atoms with van der Waals surface area (Å²) in [6.07, 6.45) is 2.79. The standard InChI is InChI=1S/C10H9FOS/c1-13-10(12)9(11)7-8-5-3-2-4-6-8/h2-7H,1H3/b9-7-. The predicted octanol–water partition coefficient (Wildman–Crippen LogP) is 2.89. The smallest absolute Gasteiger partial charge is 0.247 e. The van der Waals surface area contributed by atoms with Gasteiger partial charge in [-0.05, 0) is 17.9 Å². The fraction of sp³-hybridized carbons (Fsp3) is 0.100. The minimum Gasteiger partial charge on any atom is -0.279 e. The van der Waals surface area contributed by atoms with Gasteiger partial charge in [0.05, 0.1) is 0 Å². The van der Waals surface area contributed by atoms with Crippen LogP contribution in [0.5, 0.6) is 0 Å². The molecule has 0 N–H and O–H groups in total. The molecule has 1 nitrogen and oxygen atoms in total. The van der Waals surface area contributed by atoms with Crippen molar-refractivity contribution in [1.29, 1.82) is 0 Å². The number of rotatable bonds is 2. The summed E-state index contributed by atoms with van der Waals surface area (Å²) in [4.78, 5) is 10.8. The Morgan fingerprint density at radius 3 is 2.54 bits per heavy atom. The minimum atomic E-state index is -0.710. The topological polar surface area (TPSA) is 17.1 Å². The normalized spacial score (nSPS) is 11.4. The zero-order chi connectivity index (χ0) is 9.68. The molecule has 0 aliphatic rings. The zero-order valence-corrected chi connectivity index (χ0v) is 7.98. The van der Waals surface area contributed by atoms with Gasteiger partial charge in [0.1, 0.15) is 0 Å². The molecule has 1 aromatic rings. The van der Waals surface area contributed by atoms with Crippen molar-refractivity contribution in [2.45, 2.75) is 0 Å². The van der Waals surface area contributed by atoms with Crippen LogP contribution in [0.1, 0.15) is 5.56 Å². The van der Waals surface area contributed by atoms with Crippen LogP contribution >= 0.6 is 11.8 Å². The van der Waals surface area contributed by atoms with E-state index in [1.54, 1.807) is 30.5 Å². The molecule has 0 radical (unpaired) electrons. The van der Waals surface area contributed by atoms with Gasteiger partial charge in [-0.3, -0.25) is 4.79 Å². The monoisotopic (exact) mass is 196 g/mol. The third-order valence-corrected chi connectivity index (χ3v) is 2.04. The van der Waals surface area contributed by atoms with Crippen molar-refractivity contribution in [3.05, 3.63) is 41.7 Å². The lowest BCUT2D eigenvalue weighted by Gasteiger charge is -1.93. The Kier molecular flexibility index (Phi) is 3.71. The largest absolute Gasteiger partial charge is 0.279 e. The molecule has 0 atom stereocenters. The fourth-order valence-corrected chi connectivity index (χ4v) is 1.11. The van der Waals surface area contributed by atoms with E-state index < -0.39 is 10.9 Å². The van der Waals surface area contributed by atoms with Crippen LogP contribution in [-0.2, 0) is 4.79 Å². The molecule has 0 amide bonds. The van der Waals surface area contributed by atoms with E-state index in [9.17, 15) is 9.18 Å². The van der Waals surface area contributed by atoms with Crippen molar-refractivity contribution < 1.29 is 9.18 Å². The van der Waals surface area contributed by atoms with Crippen LogP contribution in [0, 0.1) is 0 Å². The van der Waals surface area contributed by atoms with Crippen molar-refractivity contribution in [2.24, 2.45) is 0 Å². The van der Waals surface area contributed by atoms with Gasteiger partial charge in [-0.15, -0.1) is 0 Å². The third-order valence-electron chi connectivity index (χ3n) is 1.47. The quantitative estimate of drug-likeness (QED) is 0.676. The second-order valence-electron chi connectivity index (χ2n) is 2.39. The van der Waals surface area contributed by atoms with Crippen molar-refractivity contribution in [3.8, 4) is 0 Å². The fourth-order valence-electron chi connectivity index (χ4n) is 0.852. The molecule has 0 saturated heterocycles. The van der Waals surface area contributed by atoms with Crippen LogP contribution in [0.2, 0.25) is 0 Å². The van der Waals surface area contributed by atoms with E-state index in [4.69, 9.17) is 0 Å². The molecule has 0 aliphatic carbocycles. The first kappa shape index (κ1) is 9.99. The summed E-state index contributed by atoms with van der Waals surface area (Å²) in [5.74, 6) is -0.710. The van der Waals surface area contributed by atoms with Crippen molar-refractivity contribution in [2.75, 3.05) is 6.26 Å². The molecule has 0 saturated carbocycles. The predicted molar refractivity (Wildman–Crippen MR) is 54.0 cm³/mol. The van der Waals surface area contributed by atoms with Gasteiger partial charge >= 0.3 is 0 Å². The number of thioether (sulfide) groups is 1. The van der Waals surface area contributed by atoms with Crippen molar-refractivity contribution >= 4 is 23.0 Å². The van der Waals surface area contributed by atoms with Crippen molar-refractivity contribution in [1.82, 2.24) is 0 Å². The van der Waals surface area contributed by atoms with Crippen LogP contribution in [0.25, 0.3) is 6.08 Å². The Bertz CT molecular complexity index is 319. The van der Waals surface area contributed by atoms with E-state index in [1.807, 2.05) is 6.07 Å². The summed E-state index contributed by atoms with van der Waals surface area (Å²) in [6, 6.07) is 8.91. The van der Waals surface area contributed by atoms with Crippen LogP contribution in [0.4, 0.5) is 4.39 Å². The highest BCUT2D eigenvalue weighted by molar-refractivity contribution is 8.13. The number of halogens is 1. The molecule has 0 spiro atoms. The second kappa shape index (κ2) is 4.82. The van der Waals surface area contributed by atoms with E-state index in [1.165, 1.54) is 6.08 Å². The molecule has 3 heteroatoms. The molecule has 1 aromatic carbocycles. The summed E-state index contributed by atoms with van der Waals surface area (Å²) >= 11 is 0.870. The highest BCUT2D eigenvalue weighted by Gasteiger charge is 2.05. The first-order chi connectivity index (χ1) is 6.24. The summed E-state index contributed by atoms with van der Waals surface area (Å²) in [7, 11) is 0. The first-order valence-corrected chi connectivity index (χ1v) is 4.97. The molecule has 0 fully saturated rings. The van der Waals surface area contributed by atoms with Crippen molar-refractivity contribution in [3.63, 3.8) is 0 Å². The molecular formula is C10H9FOS. The lowest BCUT2D eigenvalue weighted by Crippen LogP contribution is -1.89. The molecular weight excluding hydrogens is 187 g/mol. The molecule has 0 aliphatic heterocycles. The van der Waals surface area contributed by atoms with Gasteiger partial charge in [0.15, 0.2) is 5.83 Å². The van der Waals surface area contributed by atoms with Gasteiger partial charge in [-0.2, -0.15) is 0 Å². The maximum atomic E-state index is 13.0. The summed E-state index contributed by atoms with van der Waals surface area (Å²) in [5, 5.41) is -0.538. The second-order valence-corrected chi connectivity index (χ2v) is 3.17. The SMILES string of the molecule is CSC(=O)/C(F)=C/c1ccccc1. The minimum absolute atomic E-state index is 0.538. The Morgan fingerprint density at radius 1 is 1.38 bits per heavy atom. The maximum absolute atomic E-state index is 13.0.